The normalized spacial score (nSPS) is 10.5. The van der Waals surface area contributed by atoms with Crippen LogP contribution in [0, 0.1) is 0 Å². The van der Waals surface area contributed by atoms with Crippen molar-refractivity contribution in [3.63, 3.8) is 0 Å². The van der Waals surface area contributed by atoms with Crippen molar-refractivity contribution in [1.82, 2.24) is 4.98 Å². The molecule has 3 nitrogen and oxygen atoms in total. The maximum atomic E-state index is 12.6. The largest absolute Gasteiger partial charge is 0.469 e. The maximum absolute atomic E-state index is 12.6. The van der Waals surface area contributed by atoms with Crippen LogP contribution in [-0.2, 0) is 16.0 Å². The first kappa shape index (κ1) is 12.0. The van der Waals surface area contributed by atoms with Crippen molar-refractivity contribution >= 4 is 21.9 Å². The second kappa shape index (κ2) is 5.16. The van der Waals surface area contributed by atoms with Crippen LogP contribution in [0.1, 0.15) is 17.6 Å². The summed E-state index contributed by atoms with van der Waals surface area (Å²) in [7, 11) is 1.20. The highest BCUT2D eigenvalue weighted by molar-refractivity contribution is 9.10. The van der Waals surface area contributed by atoms with Crippen LogP contribution in [0.25, 0.3) is 0 Å². The number of esters is 1. The molecule has 0 N–H and O–H groups in total. The van der Waals surface area contributed by atoms with Gasteiger partial charge in [0.2, 0.25) is 0 Å². The summed E-state index contributed by atoms with van der Waals surface area (Å²) in [6.45, 7) is 0. The number of carbonyl (C=O) groups is 1. The zero-order valence-electron chi connectivity index (χ0n) is 7.84. The smallest absolute Gasteiger partial charge is 0.310 e. The van der Waals surface area contributed by atoms with E-state index < -0.39 is 12.4 Å². The lowest BCUT2D eigenvalue weighted by Gasteiger charge is -2.08. The summed E-state index contributed by atoms with van der Waals surface area (Å²) in [5, 5.41) is 0. The van der Waals surface area contributed by atoms with Gasteiger partial charge in [-0.1, -0.05) is 0 Å². The van der Waals surface area contributed by atoms with E-state index in [0.29, 0.717) is 0 Å². The van der Waals surface area contributed by atoms with E-state index in [2.05, 4.69) is 25.7 Å². The minimum atomic E-state index is -2.65. The first-order valence-electron chi connectivity index (χ1n) is 4.03. The molecule has 0 aromatic carbocycles. The van der Waals surface area contributed by atoms with Crippen LogP contribution in [0.2, 0.25) is 0 Å². The number of aromatic nitrogens is 1. The molecule has 0 aliphatic rings. The number of pyridine rings is 1. The minimum absolute atomic E-state index is 0.172. The fraction of sp³-hybridized carbons (Fsp3) is 0.333. The highest BCUT2D eigenvalue weighted by Crippen LogP contribution is 2.29. The van der Waals surface area contributed by atoms with Crippen molar-refractivity contribution in [3.05, 3.63) is 28.0 Å². The molecule has 0 aliphatic carbocycles. The molecular formula is C9H8BrF2NO2. The molecule has 0 saturated heterocycles. The Kier molecular flexibility index (Phi) is 4.14. The number of hydrogen-bond acceptors (Lipinski definition) is 3. The van der Waals surface area contributed by atoms with E-state index >= 15 is 0 Å². The van der Waals surface area contributed by atoms with Gasteiger partial charge < -0.3 is 4.74 Å². The van der Waals surface area contributed by atoms with Crippen molar-refractivity contribution in [2.24, 2.45) is 0 Å². The molecule has 0 amide bonds. The Morgan fingerprint density at radius 2 is 2.27 bits per heavy atom. The Labute approximate surface area is 93.6 Å². The van der Waals surface area contributed by atoms with Crippen LogP contribution in [-0.4, -0.2) is 18.1 Å². The summed E-state index contributed by atoms with van der Waals surface area (Å²) in [6.07, 6.45) is -0.351. The highest BCUT2D eigenvalue weighted by Gasteiger charge is 2.19. The Hall–Kier alpha value is -1.04. The van der Waals surface area contributed by atoms with Crippen molar-refractivity contribution in [2.75, 3.05) is 7.11 Å². The summed E-state index contributed by atoms with van der Waals surface area (Å²) in [6, 6.07) is 0. The second-order valence-corrected chi connectivity index (χ2v) is 3.60. The van der Waals surface area contributed by atoms with E-state index in [1.54, 1.807) is 0 Å². The molecule has 0 aliphatic heterocycles. The summed E-state index contributed by atoms with van der Waals surface area (Å²) < 4.78 is 29.9. The zero-order chi connectivity index (χ0) is 11.4. The quantitative estimate of drug-likeness (QED) is 0.798. The van der Waals surface area contributed by atoms with Gasteiger partial charge in [-0.05, 0) is 21.5 Å². The first-order valence-corrected chi connectivity index (χ1v) is 4.82. The number of methoxy groups -OCH3 is 1. The predicted molar refractivity (Wildman–Crippen MR) is 52.6 cm³/mol. The highest BCUT2D eigenvalue weighted by atomic mass is 79.9. The van der Waals surface area contributed by atoms with Gasteiger partial charge in [0.1, 0.15) is 0 Å². The van der Waals surface area contributed by atoms with Crippen molar-refractivity contribution in [2.45, 2.75) is 12.8 Å². The average molecular weight is 280 g/mol. The summed E-state index contributed by atoms with van der Waals surface area (Å²) in [4.78, 5) is 14.7. The zero-order valence-corrected chi connectivity index (χ0v) is 9.42. The molecule has 0 radical (unpaired) electrons. The fourth-order valence-electron chi connectivity index (χ4n) is 1.10. The third kappa shape index (κ3) is 2.95. The summed E-state index contributed by atoms with van der Waals surface area (Å²) in [5.41, 5.74) is -0.0402. The minimum Gasteiger partial charge on any atom is -0.469 e. The molecule has 0 atom stereocenters. The number of halogens is 3. The number of nitrogens with zero attached hydrogens (tertiary/aromatic N) is 1. The van der Waals surface area contributed by atoms with E-state index in [-0.39, 0.29) is 22.0 Å². The number of rotatable bonds is 3. The van der Waals surface area contributed by atoms with E-state index in [9.17, 15) is 13.6 Å². The van der Waals surface area contributed by atoms with Crippen LogP contribution in [0.3, 0.4) is 0 Å². The van der Waals surface area contributed by atoms with Crippen molar-refractivity contribution < 1.29 is 18.3 Å². The molecule has 0 saturated carbocycles. The van der Waals surface area contributed by atoms with Gasteiger partial charge in [-0.15, -0.1) is 0 Å². The van der Waals surface area contributed by atoms with E-state index in [4.69, 9.17) is 0 Å². The van der Waals surface area contributed by atoms with Crippen molar-refractivity contribution in [1.29, 1.82) is 0 Å². The predicted octanol–water partition coefficient (Wildman–Crippen LogP) is 2.50. The van der Waals surface area contributed by atoms with Gasteiger partial charge in [0.15, 0.2) is 0 Å². The molecule has 0 unspecified atom stereocenters. The molecule has 6 heteroatoms. The van der Waals surface area contributed by atoms with Gasteiger partial charge in [0.25, 0.3) is 6.43 Å². The van der Waals surface area contributed by atoms with E-state index in [1.807, 2.05) is 0 Å². The second-order valence-electron chi connectivity index (χ2n) is 2.75. The van der Waals surface area contributed by atoms with Crippen LogP contribution in [0.5, 0.6) is 0 Å². The maximum Gasteiger partial charge on any atom is 0.310 e. The molecule has 1 aromatic rings. The Morgan fingerprint density at radius 1 is 1.60 bits per heavy atom. The first-order chi connectivity index (χ1) is 7.06. The van der Waals surface area contributed by atoms with Gasteiger partial charge in [-0.2, -0.15) is 0 Å². The number of alkyl halides is 2. The molecule has 82 valence electrons. The third-order valence-electron chi connectivity index (χ3n) is 1.80. The van der Waals surface area contributed by atoms with Crippen LogP contribution < -0.4 is 0 Å². The van der Waals surface area contributed by atoms with Crippen LogP contribution in [0.4, 0.5) is 8.78 Å². The molecule has 15 heavy (non-hydrogen) atoms. The molecular weight excluding hydrogens is 272 g/mol. The fourth-order valence-corrected chi connectivity index (χ4v) is 1.64. The lowest BCUT2D eigenvalue weighted by molar-refractivity contribution is -0.139. The molecule has 1 rings (SSSR count). The summed E-state index contributed by atoms with van der Waals surface area (Å²) in [5.74, 6) is -0.572. The monoisotopic (exact) mass is 279 g/mol. The standard InChI is InChI=1S/C9H8BrF2NO2/c1-15-7(14)2-5-3-13-4-6(10)8(5)9(11)12/h3-4,9H,2H2,1H3. The van der Waals surface area contributed by atoms with Gasteiger partial charge in [-0.3, -0.25) is 9.78 Å². The van der Waals surface area contributed by atoms with Gasteiger partial charge in [0, 0.05) is 22.4 Å². The number of hydrogen-bond donors (Lipinski definition) is 0. The summed E-state index contributed by atoms with van der Waals surface area (Å²) >= 11 is 2.96. The third-order valence-corrected chi connectivity index (χ3v) is 2.43. The van der Waals surface area contributed by atoms with Gasteiger partial charge in [0.05, 0.1) is 13.5 Å². The SMILES string of the molecule is COC(=O)Cc1cncc(Br)c1C(F)F. The lowest BCUT2D eigenvalue weighted by atomic mass is 10.1. The molecule has 0 bridgehead atoms. The van der Waals surface area contributed by atoms with E-state index in [1.165, 1.54) is 19.5 Å². The van der Waals surface area contributed by atoms with E-state index in [0.717, 1.165) is 0 Å². The van der Waals surface area contributed by atoms with Gasteiger partial charge in [-0.25, -0.2) is 8.78 Å². The van der Waals surface area contributed by atoms with Crippen LogP contribution >= 0.6 is 15.9 Å². The number of carbonyl (C=O) groups excluding carboxylic acids is 1. The average Bonchev–Trinajstić information content (AvgIpc) is 2.17. The Morgan fingerprint density at radius 3 is 2.80 bits per heavy atom. The molecule has 0 spiro atoms. The lowest BCUT2D eigenvalue weighted by Crippen LogP contribution is -2.08. The number of ether oxygens (including phenoxy) is 1. The molecule has 0 fully saturated rings. The topological polar surface area (TPSA) is 39.2 Å². The van der Waals surface area contributed by atoms with Crippen LogP contribution in [0.15, 0.2) is 16.9 Å². The Balaban J connectivity index is 3.06. The van der Waals surface area contributed by atoms with Gasteiger partial charge >= 0.3 is 5.97 Å². The van der Waals surface area contributed by atoms with Crippen molar-refractivity contribution in [3.8, 4) is 0 Å². The Bertz CT molecular complexity index is 371. The molecule has 1 aromatic heterocycles. The molecule has 1 heterocycles.